The number of allylic oxidation sites excluding steroid dienone is 2. The summed E-state index contributed by atoms with van der Waals surface area (Å²) in [5, 5.41) is 0. The minimum Gasteiger partial charge on any atom is -0.306 e. The van der Waals surface area contributed by atoms with Gasteiger partial charge < -0.3 is 4.57 Å². The van der Waals surface area contributed by atoms with Crippen LogP contribution in [0, 0.1) is 17.8 Å². The highest BCUT2D eigenvalue weighted by molar-refractivity contribution is 7.61. The molecule has 1 fully saturated rings. The Morgan fingerprint density at radius 3 is 2.28 bits per heavy atom. The van der Waals surface area contributed by atoms with Crippen molar-refractivity contribution in [2.75, 3.05) is 12.3 Å². The lowest BCUT2D eigenvalue weighted by Gasteiger charge is -2.36. The van der Waals surface area contributed by atoms with E-state index in [1.165, 1.54) is 6.42 Å². The van der Waals surface area contributed by atoms with Crippen LogP contribution in [0.3, 0.4) is 0 Å². The fourth-order valence-corrected chi connectivity index (χ4v) is 8.48. The van der Waals surface area contributed by atoms with E-state index in [9.17, 15) is 4.57 Å². The fraction of sp³-hybridized carbons (Fsp3) is 0.867. The molecule has 1 aliphatic heterocycles. The molecule has 0 aromatic heterocycles. The first-order valence-corrected chi connectivity index (χ1v) is 9.41. The fourth-order valence-electron chi connectivity index (χ4n) is 4.04. The van der Waals surface area contributed by atoms with Gasteiger partial charge in [-0.15, -0.1) is 0 Å². The summed E-state index contributed by atoms with van der Waals surface area (Å²) >= 11 is 0. The van der Waals surface area contributed by atoms with Gasteiger partial charge in [0.2, 0.25) is 0 Å². The number of fused-ring (bicyclic) bond motifs is 1. The van der Waals surface area contributed by atoms with Gasteiger partial charge in [0.25, 0.3) is 0 Å². The van der Waals surface area contributed by atoms with E-state index in [-0.39, 0.29) is 0 Å². The third kappa shape index (κ3) is 2.60. The number of hydrogen-bond acceptors (Lipinski definition) is 1. The molecule has 1 aliphatic carbocycles. The SMILES string of the molecule is CC1C=C[C@@H]2CP(=O)(N(C(C)C)C(C)C)C[C@@H]2C1. The summed E-state index contributed by atoms with van der Waals surface area (Å²) in [5.74, 6) is 1.91. The number of nitrogens with zero attached hydrogens (tertiary/aromatic N) is 1. The molecule has 0 saturated carbocycles. The first-order valence-electron chi connectivity index (χ1n) is 7.38. The molecular weight excluding hydrogens is 241 g/mol. The highest BCUT2D eigenvalue weighted by Crippen LogP contribution is 2.62. The molecule has 3 heteroatoms. The van der Waals surface area contributed by atoms with E-state index in [1.54, 1.807) is 0 Å². The maximum atomic E-state index is 13.4. The Labute approximate surface area is 112 Å². The van der Waals surface area contributed by atoms with Crippen LogP contribution < -0.4 is 0 Å². The molecule has 2 aliphatic rings. The second kappa shape index (κ2) is 5.13. The smallest absolute Gasteiger partial charge is 0.151 e. The van der Waals surface area contributed by atoms with Crippen LogP contribution >= 0.6 is 7.29 Å². The maximum absolute atomic E-state index is 13.4. The van der Waals surface area contributed by atoms with Gasteiger partial charge in [-0.25, -0.2) is 4.67 Å². The Kier molecular flexibility index (Phi) is 4.09. The summed E-state index contributed by atoms with van der Waals surface area (Å²) < 4.78 is 15.7. The zero-order valence-electron chi connectivity index (χ0n) is 12.5. The summed E-state index contributed by atoms with van der Waals surface area (Å²) in [6, 6.07) is 0.773. The van der Waals surface area contributed by atoms with Crippen LogP contribution in [0.5, 0.6) is 0 Å². The quantitative estimate of drug-likeness (QED) is 0.564. The highest BCUT2D eigenvalue weighted by Gasteiger charge is 2.46. The molecule has 0 radical (unpaired) electrons. The predicted octanol–water partition coefficient (Wildman–Crippen LogP) is 4.23. The van der Waals surface area contributed by atoms with Crippen molar-refractivity contribution in [3.05, 3.63) is 12.2 Å². The van der Waals surface area contributed by atoms with Gasteiger partial charge in [0.1, 0.15) is 0 Å². The molecule has 0 aromatic rings. The van der Waals surface area contributed by atoms with E-state index in [0.29, 0.717) is 29.8 Å². The number of hydrogen-bond donors (Lipinski definition) is 0. The standard InChI is InChI=1S/C15H28NOP/c1-11(2)16(12(3)4)18(17)9-14-7-6-13(5)8-15(14)10-18/h6-7,11-15H,8-10H2,1-5H3/t13?,14-,15+,18?/m1/s1. The summed E-state index contributed by atoms with van der Waals surface area (Å²) in [6.45, 7) is 11.0. The Balaban J connectivity index is 2.20. The van der Waals surface area contributed by atoms with E-state index in [4.69, 9.17) is 0 Å². The van der Waals surface area contributed by atoms with Crippen LogP contribution in [-0.4, -0.2) is 29.1 Å². The molecule has 1 saturated heterocycles. The summed E-state index contributed by atoms with van der Waals surface area (Å²) in [7, 11) is -2.14. The van der Waals surface area contributed by atoms with Gasteiger partial charge >= 0.3 is 0 Å². The molecule has 2 rings (SSSR count). The molecule has 4 atom stereocenters. The normalized spacial score (nSPS) is 39.9. The van der Waals surface area contributed by atoms with Crippen LogP contribution in [0.15, 0.2) is 12.2 Å². The molecule has 104 valence electrons. The second-order valence-corrected chi connectivity index (χ2v) is 9.69. The van der Waals surface area contributed by atoms with Crippen molar-refractivity contribution in [3.63, 3.8) is 0 Å². The van der Waals surface area contributed by atoms with Gasteiger partial charge in [-0.1, -0.05) is 19.1 Å². The van der Waals surface area contributed by atoms with Gasteiger partial charge in [-0.2, -0.15) is 0 Å². The van der Waals surface area contributed by atoms with Crippen molar-refractivity contribution >= 4 is 7.29 Å². The van der Waals surface area contributed by atoms with Crippen molar-refractivity contribution < 1.29 is 4.57 Å². The van der Waals surface area contributed by atoms with Crippen LogP contribution in [0.25, 0.3) is 0 Å². The van der Waals surface area contributed by atoms with Crippen LogP contribution in [-0.2, 0) is 4.57 Å². The van der Waals surface area contributed by atoms with Crippen molar-refractivity contribution in [2.45, 2.75) is 53.1 Å². The number of rotatable bonds is 3. The summed E-state index contributed by atoms with van der Waals surface area (Å²) in [5.41, 5.74) is 0. The molecule has 2 nitrogen and oxygen atoms in total. The highest BCUT2D eigenvalue weighted by atomic mass is 31.2. The minimum absolute atomic E-state index is 0.386. The first kappa shape index (κ1) is 14.3. The van der Waals surface area contributed by atoms with E-state index >= 15 is 0 Å². The Morgan fingerprint density at radius 2 is 1.72 bits per heavy atom. The van der Waals surface area contributed by atoms with Crippen LogP contribution in [0.1, 0.15) is 41.0 Å². The summed E-state index contributed by atoms with van der Waals surface area (Å²) in [4.78, 5) is 0. The Hall–Kier alpha value is -0.0700. The second-order valence-electron chi connectivity index (χ2n) is 6.80. The van der Waals surface area contributed by atoms with Gasteiger partial charge in [-0.3, -0.25) is 0 Å². The molecule has 0 spiro atoms. The zero-order chi connectivity index (χ0) is 13.5. The lowest BCUT2D eigenvalue weighted by molar-refractivity contribution is 0.300. The minimum atomic E-state index is -2.14. The third-order valence-electron chi connectivity index (χ3n) is 4.46. The Bertz CT molecular complexity index is 367. The lowest BCUT2D eigenvalue weighted by atomic mass is 9.82. The van der Waals surface area contributed by atoms with E-state index < -0.39 is 7.29 Å². The van der Waals surface area contributed by atoms with Gasteiger partial charge in [-0.05, 0) is 51.9 Å². The Morgan fingerprint density at radius 1 is 1.11 bits per heavy atom. The van der Waals surface area contributed by atoms with Crippen LogP contribution in [0.2, 0.25) is 0 Å². The molecule has 1 heterocycles. The van der Waals surface area contributed by atoms with Crippen molar-refractivity contribution in [1.29, 1.82) is 0 Å². The molecular formula is C15H28NOP. The van der Waals surface area contributed by atoms with E-state index in [0.717, 1.165) is 12.3 Å². The van der Waals surface area contributed by atoms with Crippen molar-refractivity contribution in [3.8, 4) is 0 Å². The van der Waals surface area contributed by atoms with E-state index in [2.05, 4.69) is 51.4 Å². The maximum Gasteiger partial charge on any atom is 0.151 e. The largest absolute Gasteiger partial charge is 0.306 e. The van der Waals surface area contributed by atoms with Gasteiger partial charge in [0.15, 0.2) is 7.29 Å². The first-order chi connectivity index (χ1) is 8.33. The molecule has 18 heavy (non-hydrogen) atoms. The predicted molar refractivity (Wildman–Crippen MR) is 79.4 cm³/mol. The topological polar surface area (TPSA) is 20.3 Å². The summed E-state index contributed by atoms with van der Waals surface area (Å²) in [6.07, 6.45) is 7.76. The molecule has 0 N–H and O–H groups in total. The van der Waals surface area contributed by atoms with Gasteiger partial charge in [0.05, 0.1) is 0 Å². The molecule has 0 aromatic carbocycles. The average molecular weight is 269 g/mol. The van der Waals surface area contributed by atoms with Crippen LogP contribution in [0.4, 0.5) is 0 Å². The van der Waals surface area contributed by atoms with Gasteiger partial charge in [0, 0.05) is 24.4 Å². The molecule has 0 bridgehead atoms. The third-order valence-corrected chi connectivity index (χ3v) is 8.26. The average Bonchev–Trinajstić information content (AvgIpc) is 2.52. The lowest BCUT2D eigenvalue weighted by Crippen LogP contribution is -2.35. The molecule has 2 unspecified atom stereocenters. The monoisotopic (exact) mass is 269 g/mol. The zero-order valence-corrected chi connectivity index (χ0v) is 13.4. The van der Waals surface area contributed by atoms with Crippen molar-refractivity contribution in [1.82, 2.24) is 4.67 Å². The van der Waals surface area contributed by atoms with Crippen molar-refractivity contribution in [2.24, 2.45) is 17.8 Å². The molecule has 0 amide bonds. The van der Waals surface area contributed by atoms with E-state index in [1.807, 2.05) is 0 Å².